The van der Waals surface area contributed by atoms with Gasteiger partial charge in [0.05, 0.1) is 5.52 Å². The number of nitrogens with two attached hydrogens (primary N) is 1. The van der Waals surface area contributed by atoms with Gasteiger partial charge in [0.1, 0.15) is 0 Å². The summed E-state index contributed by atoms with van der Waals surface area (Å²) in [5.74, 6) is 0.817. The molecule has 0 saturated carbocycles. The number of hydrogen-bond donors (Lipinski definition) is 1. The van der Waals surface area contributed by atoms with E-state index in [0.717, 1.165) is 30.0 Å². The van der Waals surface area contributed by atoms with E-state index >= 15 is 0 Å². The Morgan fingerprint density at radius 2 is 1.25 bits per heavy atom. The van der Waals surface area contributed by atoms with Crippen molar-refractivity contribution < 1.29 is 0 Å². The van der Waals surface area contributed by atoms with E-state index in [4.69, 9.17) is 5.73 Å². The zero-order valence-corrected chi connectivity index (χ0v) is 35.6. The van der Waals surface area contributed by atoms with Crippen molar-refractivity contribution in [2.75, 3.05) is 0 Å². The highest BCUT2D eigenvalue weighted by atomic mass is 32.1. The van der Waals surface area contributed by atoms with Crippen LogP contribution in [0.5, 0.6) is 0 Å². The van der Waals surface area contributed by atoms with Gasteiger partial charge in [-0.05, 0) is 88.4 Å². The molecule has 2 N–H and O–H groups in total. The third kappa shape index (κ3) is 8.13. The van der Waals surface area contributed by atoms with Crippen molar-refractivity contribution in [2.24, 2.45) is 11.7 Å². The SMILES string of the molecule is CC.CCC(C)Cc1ccccc1.N/C(=C\Cn1c2c(c3cccc(-c4cccc(-c5cccc6sc7ccccc7c56)c4)c31)-c1ccccc1CC2)c1ccccc1. The Kier molecular flexibility index (Phi) is 12.2. The number of hydrogen-bond acceptors (Lipinski definition) is 2. The fourth-order valence-electron chi connectivity index (χ4n) is 8.66. The third-order valence-electron chi connectivity index (χ3n) is 11.7. The molecular formula is C56H54N2S. The first kappa shape index (κ1) is 39.7. The van der Waals surface area contributed by atoms with Crippen molar-refractivity contribution >= 4 is 48.1 Å². The molecule has 0 amide bonds. The Bertz CT molecular complexity index is 2860. The van der Waals surface area contributed by atoms with E-state index in [1.54, 1.807) is 0 Å². The highest BCUT2D eigenvalue weighted by molar-refractivity contribution is 7.25. The lowest BCUT2D eigenvalue weighted by atomic mass is 9.88. The first-order chi connectivity index (χ1) is 29.1. The summed E-state index contributed by atoms with van der Waals surface area (Å²) in [4.78, 5) is 0. The molecule has 0 radical (unpaired) electrons. The van der Waals surface area contributed by atoms with Crippen LogP contribution < -0.4 is 5.73 Å². The van der Waals surface area contributed by atoms with Crippen LogP contribution in [-0.4, -0.2) is 4.57 Å². The fourth-order valence-corrected chi connectivity index (χ4v) is 9.79. The average Bonchev–Trinajstić information content (AvgIpc) is 3.86. The Morgan fingerprint density at radius 1 is 0.644 bits per heavy atom. The Morgan fingerprint density at radius 3 is 2.05 bits per heavy atom. The van der Waals surface area contributed by atoms with E-state index < -0.39 is 0 Å². The molecule has 7 aromatic carbocycles. The van der Waals surface area contributed by atoms with Gasteiger partial charge in [0.2, 0.25) is 0 Å². The van der Waals surface area contributed by atoms with Gasteiger partial charge in [0, 0.05) is 54.6 Å². The molecule has 1 aliphatic rings. The van der Waals surface area contributed by atoms with Gasteiger partial charge in [-0.25, -0.2) is 0 Å². The van der Waals surface area contributed by atoms with Crippen LogP contribution in [0.15, 0.2) is 176 Å². The van der Waals surface area contributed by atoms with Gasteiger partial charge in [0.15, 0.2) is 0 Å². The number of allylic oxidation sites excluding steroid dienone is 1. The van der Waals surface area contributed by atoms with Crippen molar-refractivity contribution in [2.45, 2.75) is 59.9 Å². The number of para-hydroxylation sites is 1. The van der Waals surface area contributed by atoms with Crippen molar-refractivity contribution in [3.05, 3.63) is 198 Å². The summed E-state index contributed by atoms with van der Waals surface area (Å²) in [6, 6.07) is 61.3. The van der Waals surface area contributed by atoms with E-state index in [9.17, 15) is 0 Å². The average molecular weight is 787 g/mol. The summed E-state index contributed by atoms with van der Waals surface area (Å²) in [5.41, 5.74) is 21.8. The fraction of sp³-hybridized carbons (Fsp3) is 0.179. The Labute approximate surface area is 354 Å². The predicted octanol–water partition coefficient (Wildman–Crippen LogP) is 15.4. The lowest BCUT2D eigenvalue weighted by molar-refractivity contribution is 0.560. The van der Waals surface area contributed by atoms with Crippen LogP contribution in [0.1, 0.15) is 56.5 Å². The largest absolute Gasteiger partial charge is 0.398 e. The second-order valence-electron chi connectivity index (χ2n) is 15.4. The number of aromatic nitrogens is 1. The maximum absolute atomic E-state index is 6.67. The summed E-state index contributed by atoms with van der Waals surface area (Å²) in [6.07, 6.45) is 6.73. The van der Waals surface area contributed by atoms with Crippen LogP contribution in [-0.2, 0) is 25.8 Å². The molecule has 59 heavy (non-hydrogen) atoms. The lowest BCUT2D eigenvalue weighted by Gasteiger charge is -2.19. The first-order valence-electron chi connectivity index (χ1n) is 21.4. The third-order valence-corrected chi connectivity index (χ3v) is 12.9. The summed E-state index contributed by atoms with van der Waals surface area (Å²) in [5, 5.41) is 3.98. The predicted molar refractivity (Wildman–Crippen MR) is 258 cm³/mol. The highest BCUT2D eigenvalue weighted by Gasteiger charge is 2.25. The lowest BCUT2D eigenvalue weighted by Crippen LogP contribution is -2.10. The maximum atomic E-state index is 6.67. The number of nitrogens with zero attached hydrogens (tertiary/aromatic N) is 1. The second-order valence-corrected chi connectivity index (χ2v) is 16.5. The van der Waals surface area contributed by atoms with Crippen LogP contribution >= 0.6 is 11.3 Å². The topological polar surface area (TPSA) is 30.9 Å². The molecule has 1 unspecified atom stereocenters. The molecule has 3 heteroatoms. The van der Waals surface area contributed by atoms with Gasteiger partial charge >= 0.3 is 0 Å². The van der Waals surface area contributed by atoms with Crippen LogP contribution in [0.2, 0.25) is 0 Å². The summed E-state index contributed by atoms with van der Waals surface area (Å²) in [6.45, 7) is 9.26. The minimum absolute atomic E-state index is 0.714. The van der Waals surface area contributed by atoms with Crippen molar-refractivity contribution in [3.63, 3.8) is 0 Å². The molecule has 0 bridgehead atoms. The van der Waals surface area contributed by atoms with Crippen molar-refractivity contribution in [1.29, 1.82) is 0 Å². The van der Waals surface area contributed by atoms with Crippen LogP contribution in [0.4, 0.5) is 0 Å². The minimum atomic E-state index is 0.714. The zero-order valence-electron chi connectivity index (χ0n) is 34.8. The smallest absolute Gasteiger partial charge is 0.0571 e. The van der Waals surface area contributed by atoms with Gasteiger partial charge in [0.25, 0.3) is 0 Å². The number of benzene rings is 7. The first-order valence-corrected chi connectivity index (χ1v) is 22.2. The van der Waals surface area contributed by atoms with Crippen LogP contribution in [0.3, 0.4) is 0 Å². The quantitative estimate of drug-likeness (QED) is 0.163. The number of aryl methyl sites for hydroxylation is 1. The molecule has 2 nitrogen and oxygen atoms in total. The van der Waals surface area contributed by atoms with E-state index in [0.29, 0.717) is 6.54 Å². The van der Waals surface area contributed by atoms with Gasteiger partial charge in [-0.3, -0.25) is 0 Å². The Hall–Kier alpha value is -6.16. The minimum Gasteiger partial charge on any atom is -0.398 e. The molecule has 10 rings (SSSR count). The number of fused-ring (bicyclic) bond motifs is 8. The molecule has 1 atom stereocenters. The van der Waals surface area contributed by atoms with E-state index in [1.807, 2.05) is 43.4 Å². The van der Waals surface area contributed by atoms with Crippen molar-refractivity contribution in [1.82, 2.24) is 4.57 Å². The van der Waals surface area contributed by atoms with E-state index in [1.165, 1.54) is 94.1 Å². The summed E-state index contributed by atoms with van der Waals surface area (Å²) < 4.78 is 5.19. The number of thiophene rings is 1. The molecule has 2 heterocycles. The molecule has 9 aromatic rings. The molecule has 0 aliphatic heterocycles. The molecule has 1 aliphatic carbocycles. The molecule has 0 saturated heterocycles. The van der Waals surface area contributed by atoms with Gasteiger partial charge in [-0.1, -0.05) is 186 Å². The Balaban J connectivity index is 0.000000323. The van der Waals surface area contributed by atoms with Gasteiger partial charge in [-0.2, -0.15) is 0 Å². The van der Waals surface area contributed by atoms with Gasteiger partial charge in [-0.15, -0.1) is 11.3 Å². The second kappa shape index (κ2) is 18.2. The molecule has 0 fully saturated rings. The highest BCUT2D eigenvalue weighted by Crippen LogP contribution is 2.45. The van der Waals surface area contributed by atoms with Crippen LogP contribution in [0, 0.1) is 5.92 Å². The van der Waals surface area contributed by atoms with Gasteiger partial charge < -0.3 is 10.3 Å². The van der Waals surface area contributed by atoms with E-state index in [2.05, 4.69) is 176 Å². The van der Waals surface area contributed by atoms with E-state index in [-0.39, 0.29) is 0 Å². The monoisotopic (exact) mass is 786 g/mol. The number of rotatable bonds is 8. The van der Waals surface area contributed by atoms with Crippen molar-refractivity contribution in [3.8, 4) is 33.4 Å². The standard InChI is InChI=1S/C43H32N2S.C11H16.C2H6/c44-37(29-12-2-1-3-13-29)25-26-45-38-24-23-28-11-4-5-16-32(28)41(38)36-20-9-19-34(43(36)45)31-15-8-14-30(27-31)33-18-10-22-40-42(33)35-17-6-7-21-39(35)46-40;1-3-10(2)9-11-7-5-4-6-8-11;1-2/h1-22,25,27H,23-24,26,44H2;4-8,10H,3,9H2,1-2H3;1-2H3/b37-25-;;. The maximum Gasteiger partial charge on any atom is 0.0571 e. The zero-order chi connectivity index (χ0) is 40.7. The van der Waals surface area contributed by atoms with Crippen LogP contribution in [0.25, 0.3) is 70.2 Å². The summed E-state index contributed by atoms with van der Waals surface area (Å²) >= 11 is 1.87. The normalized spacial score (nSPS) is 12.6. The molecule has 0 spiro atoms. The summed E-state index contributed by atoms with van der Waals surface area (Å²) in [7, 11) is 0. The molecule has 2 aromatic heterocycles. The molecular weight excluding hydrogens is 733 g/mol. The molecule has 294 valence electrons.